The van der Waals surface area contributed by atoms with E-state index in [9.17, 15) is 4.79 Å². The molecule has 0 spiro atoms. The highest BCUT2D eigenvalue weighted by Gasteiger charge is 2.22. The Morgan fingerprint density at radius 1 is 1.32 bits per heavy atom. The molecule has 0 unspecified atom stereocenters. The highest BCUT2D eigenvalue weighted by Crippen LogP contribution is 2.27. The van der Waals surface area contributed by atoms with Crippen LogP contribution in [0.1, 0.15) is 39.2 Å². The van der Waals surface area contributed by atoms with Gasteiger partial charge >= 0.3 is 5.97 Å². The summed E-state index contributed by atoms with van der Waals surface area (Å²) >= 11 is 1.23. The van der Waals surface area contributed by atoms with Crippen molar-refractivity contribution in [3.05, 3.63) is 0 Å². The van der Waals surface area contributed by atoms with Gasteiger partial charge in [-0.3, -0.25) is 9.36 Å². The fraction of sp³-hybridized carbons (Fsp3) is 0.750. The van der Waals surface area contributed by atoms with Crippen LogP contribution in [-0.2, 0) is 4.79 Å². The topological polar surface area (TPSA) is 71.2 Å². The van der Waals surface area contributed by atoms with E-state index in [1.165, 1.54) is 31.0 Å². The number of carboxylic acids is 1. The van der Waals surface area contributed by atoms with Crippen LogP contribution in [0.2, 0.25) is 0 Å². The molecule has 1 saturated heterocycles. The fourth-order valence-electron chi connectivity index (χ4n) is 2.26. The number of piperidine rings is 1. The second kappa shape index (κ2) is 6.27. The minimum atomic E-state index is -0.831. The number of hydrogen-bond donors (Lipinski definition) is 1. The molecule has 0 aromatic carbocycles. The van der Waals surface area contributed by atoms with Crippen LogP contribution in [-0.4, -0.2) is 44.7 Å². The summed E-state index contributed by atoms with van der Waals surface area (Å²) < 4.78 is 2.04. The summed E-state index contributed by atoms with van der Waals surface area (Å²) in [7, 11) is 0. The largest absolute Gasteiger partial charge is 0.481 e. The van der Waals surface area contributed by atoms with Gasteiger partial charge in [0.1, 0.15) is 0 Å². The lowest BCUT2D eigenvalue weighted by atomic mass is 10.1. The van der Waals surface area contributed by atoms with Crippen molar-refractivity contribution in [1.82, 2.24) is 14.8 Å². The van der Waals surface area contributed by atoms with Crippen molar-refractivity contribution in [3.63, 3.8) is 0 Å². The highest BCUT2D eigenvalue weighted by atomic mass is 32.2. The van der Waals surface area contributed by atoms with Gasteiger partial charge in [-0.05, 0) is 33.1 Å². The van der Waals surface area contributed by atoms with Gasteiger partial charge < -0.3 is 10.0 Å². The molecule has 0 radical (unpaired) electrons. The van der Waals surface area contributed by atoms with Crippen LogP contribution in [0.15, 0.2) is 5.16 Å². The number of aliphatic carboxylic acids is 1. The molecule has 1 aliphatic rings. The zero-order valence-corrected chi connectivity index (χ0v) is 12.2. The van der Waals surface area contributed by atoms with Crippen molar-refractivity contribution in [2.75, 3.05) is 23.7 Å². The molecule has 0 bridgehead atoms. The number of nitrogens with zero attached hydrogens (tertiary/aromatic N) is 4. The SMILES string of the molecule is CC(C)n1c(SCC(=O)O)nnc1N1CCCCC1. The van der Waals surface area contributed by atoms with Crippen LogP contribution >= 0.6 is 11.8 Å². The average Bonchev–Trinajstić information content (AvgIpc) is 2.81. The zero-order chi connectivity index (χ0) is 13.8. The first-order valence-corrected chi connectivity index (χ1v) is 7.62. The first kappa shape index (κ1) is 14.2. The molecule has 19 heavy (non-hydrogen) atoms. The predicted octanol–water partition coefficient (Wildman–Crippen LogP) is 2.03. The number of hydrogen-bond acceptors (Lipinski definition) is 5. The summed E-state index contributed by atoms with van der Waals surface area (Å²) in [5.74, 6) is 0.0654. The molecule has 6 nitrogen and oxygen atoms in total. The number of anilines is 1. The van der Waals surface area contributed by atoms with Gasteiger partial charge in [0.25, 0.3) is 0 Å². The molecular weight excluding hydrogens is 264 g/mol. The monoisotopic (exact) mass is 284 g/mol. The standard InChI is InChI=1S/C12H20N4O2S/c1-9(2)16-11(15-6-4-3-5-7-15)13-14-12(16)19-8-10(17)18/h9H,3-8H2,1-2H3,(H,17,18). The van der Waals surface area contributed by atoms with Crippen LogP contribution < -0.4 is 4.90 Å². The van der Waals surface area contributed by atoms with Gasteiger partial charge in [0, 0.05) is 19.1 Å². The van der Waals surface area contributed by atoms with E-state index in [0.29, 0.717) is 5.16 Å². The third-order valence-electron chi connectivity index (χ3n) is 3.13. The van der Waals surface area contributed by atoms with Crippen molar-refractivity contribution in [2.45, 2.75) is 44.3 Å². The number of aromatic nitrogens is 3. The lowest BCUT2D eigenvalue weighted by Crippen LogP contribution is -2.32. The molecule has 7 heteroatoms. The van der Waals surface area contributed by atoms with Crippen molar-refractivity contribution >= 4 is 23.7 Å². The number of rotatable bonds is 5. The molecule has 0 atom stereocenters. The van der Waals surface area contributed by atoms with E-state index in [1.807, 2.05) is 4.57 Å². The summed E-state index contributed by atoms with van der Waals surface area (Å²) in [6.07, 6.45) is 3.64. The molecule has 2 rings (SSSR count). The number of thioether (sulfide) groups is 1. The molecule has 2 heterocycles. The molecule has 1 N–H and O–H groups in total. The first-order valence-electron chi connectivity index (χ1n) is 6.64. The predicted molar refractivity (Wildman–Crippen MR) is 74.8 cm³/mol. The van der Waals surface area contributed by atoms with Crippen LogP contribution in [0.3, 0.4) is 0 Å². The Balaban J connectivity index is 2.20. The van der Waals surface area contributed by atoms with E-state index in [2.05, 4.69) is 28.9 Å². The van der Waals surface area contributed by atoms with E-state index in [4.69, 9.17) is 5.11 Å². The molecule has 1 fully saturated rings. The minimum absolute atomic E-state index is 0.0187. The van der Waals surface area contributed by atoms with E-state index in [0.717, 1.165) is 19.0 Å². The smallest absolute Gasteiger partial charge is 0.313 e. The average molecular weight is 284 g/mol. The maximum atomic E-state index is 10.7. The molecule has 1 aliphatic heterocycles. The normalized spacial score (nSPS) is 16.1. The van der Waals surface area contributed by atoms with Gasteiger partial charge in [-0.25, -0.2) is 0 Å². The van der Waals surface area contributed by atoms with E-state index < -0.39 is 5.97 Å². The van der Waals surface area contributed by atoms with Gasteiger partial charge in [-0.2, -0.15) is 0 Å². The Kier molecular flexibility index (Phi) is 4.68. The maximum absolute atomic E-state index is 10.7. The Labute approximate surface area is 117 Å². The Bertz CT molecular complexity index is 441. The summed E-state index contributed by atoms with van der Waals surface area (Å²) in [6, 6.07) is 0.225. The fourth-order valence-corrected chi connectivity index (χ4v) is 3.04. The molecule has 0 saturated carbocycles. The van der Waals surface area contributed by atoms with Crippen molar-refractivity contribution < 1.29 is 9.90 Å². The zero-order valence-electron chi connectivity index (χ0n) is 11.4. The Morgan fingerprint density at radius 2 is 2.00 bits per heavy atom. The molecular formula is C12H20N4O2S. The van der Waals surface area contributed by atoms with Crippen LogP contribution in [0.5, 0.6) is 0 Å². The van der Waals surface area contributed by atoms with E-state index in [1.54, 1.807) is 0 Å². The molecule has 1 aromatic rings. The van der Waals surface area contributed by atoms with Crippen LogP contribution in [0, 0.1) is 0 Å². The highest BCUT2D eigenvalue weighted by molar-refractivity contribution is 7.99. The van der Waals surface area contributed by atoms with Crippen molar-refractivity contribution in [2.24, 2.45) is 0 Å². The summed E-state index contributed by atoms with van der Waals surface area (Å²) in [5, 5.41) is 17.9. The van der Waals surface area contributed by atoms with Gasteiger partial charge in [-0.15, -0.1) is 10.2 Å². The first-order chi connectivity index (χ1) is 9.09. The van der Waals surface area contributed by atoms with E-state index in [-0.39, 0.29) is 11.8 Å². The van der Waals surface area contributed by atoms with Crippen LogP contribution in [0.25, 0.3) is 0 Å². The number of carbonyl (C=O) groups is 1. The van der Waals surface area contributed by atoms with Crippen LogP contribution in [0.4, 0.5) is 5.95 Å². The molecule has 0 amide bonds. The second-order valence-corrected chi connectivity index (χ2v) is 5.92. The second-order valence-electron chi connectivity index (χ2n) is 4.98. The number of carboxylic acid groups (broad SMARTS) is 1. The van der Waals surface area contributed by atoms with Gasteiger partial charge in [-0.1, -0.05) is 11.8 Å². The lowest BCUT2D eigenvalue weighted by molar-refractivity contribution is -0.133. The van der Waals surface area contributed by atoms with Gasteiger partial charge in [0.15, 0.2) is 5.16 Å². The summed E-state index contributed by atoms with van der Waals surface area (Å²) in [6.45, 7) is 6.16. The molecule has 1 aromatic heterocycles. The van der Waals surface area contributed by atoms with Crippen molar-refractivity contribution in [3.8, 4) is 0 Å². The Hall–Kier alpha value is -1.24. The van der Waals surface area contributed by atoms with Gasteiger partial charge in [0.05, 0.1) is 5.75 Å². The third-order valence-corrected chi connectivity index (χ3v) is 4.05. The minimum Gasteiger partial charge on any atom is -0.481 e. The molecule has 106 valence electrons. The quantitative estimate of drug-likeness (QED) is 0.834. The lowest BCUT2D eigenvalue weighted by Gasteiger charge is -2.28. The Morgan fingerprint density at radius 3 is 2.58 bits per heavy atom. The summed E-state index contributed by atoms with van der Waals surface area (Å²) in [5.41, 5.74) is 0. The molecule has 0 aliphatic carbocycles. The third kappa shape index (κ3) is 3.40. The summed E-state index contributed by atoms with van der Waals surface area (Å²) in [4.78, 5) is 12.9. The van der Waals surface area contributed by atoms with E-state index >= 15 is 0 Å². The van der Waals surface area contributed by atoms with Gasteiger partial charge in [0.2, 0.25) is 5.95 Å². The maximum Gasteiger partial charge on any atom is 0.313 e. The van der Waals surface area contributed by atoms with Crippen molar-refractivity contribution in [1.29, 1.82) is 0 Å².